The van der Waals surface area contributed by atoms with Gasteiger partial charge in [0.25, 0.3) is 0 Å². The molecule has 170 valence electrons. The maximum Gasteiger partial charge on any atom is 0.573 e. The quantitative estimate of drug-likeness (QED) is 0.587. The van der Waals surface area contributed by atoms with E-state index in [1.807, 2.05) is 0 Å². The van der Waals surface area contributed by atoms with Crippen LogP contribution in [0.3, 0.4) is 0 Å². The molecule has 2 aromatic heterocycles. The van der Waals surface area contributed by atoms with Crippen LogP contribution in [0.2, 0.25) is 0 Å². The number of aryl methyl sites for hydroxylation is 2. The summed E-state index contributed by atoms with van der Waals surface area (Å²) in [4.78, 5) is 20.3. The van der Waals surface area contributed by atoms with Gasteiger partial charge in [0.15, 0.2) is 5.82 Å². The molecule has 3 aromatic rings. The average Bonchev–Trinajstić information content (AvgIpc) is 3.14. The maximum absolute atomic E-state index is 12.3. The smallest absolute Gasteiger partial charge is 0.444 e. The molecule has 3 rings (SSSR count). The van der Waals surface area contributed by atoms with Gasteiger partial charge in [-0.05, 0) is 63.6 Å². The van der Waals surface area contributed by atoms with E-state index in [2.05, 4.69) is 25.1 Å². The number of carbonyl (C=O) groups excluding carboxylic acids is 1. The van der Waals surface area contributed by atoms with Gasteiger partial charge in [-0.15, -0.1) is 13.2 Å². The zero-order chi connectivity index (χ0) is 23.4. The molecule has 0 unspecified atom stereocenters. The van der Waals surface area contributed by atoms with Crippen molar-refractivity contribution in [2.45, 2.75) is 45.6 Å². The molecule has 2 heterocycles. The van der Waals surface area contributed by atoms with Crippen LogP contribution in [0.4, 0.5) is 23.7 Å². The summed E-state index contributed by atoms with van der Waals surface area (Å²) >= 11 is 0. The summed E-state index contributed by atoms with van der Waals surface area (Å²) in [6.45, 7) is 5.34. The molecule has 0 atom stereocenters. The number of aromatic nitrogens is 4. The van der Waals surface area contributed by atoms with Crippen LogP contribution in [0.15, 0.2) is 48.9 Å². The van der Waals surface area contributed by atoms with Gasteiger partial charge >= 0.3 is 12.5 Å². The third-order valence-electron chi connectivity index (χ3n) is 3.95. The second-order valence-electron chi connectivity index (χ2n) is 7.81. The number of alkyl halides is 3. The number of nitrogens with zero attached hydrogens (tertiary/aromatic N) is 4. The molecule has 0 aliphatic carbocycles. The number of amides is 1. The Morgan fingerprint density at radius 3 is 2.34 bits per heavy atom. The molecule has 0 saturated heterocycles. The van der Waals surface area contributed by atoms with Crippen LogP contribution in [-0.2, 0) is 17.6 Å². The molecule has 0 saturated carbocycles. The lowest BCUT2D eigenvalue weighted by atomic mass is 10.2. The molecule has 0 aliphatic rings. The number of nitrogens with one attached hydrogen (secondary N) is 1. The molecule has 0 bridgehead atoms. The zero-order valence-corrected chi connectivity index (χ0v) is 17.7. The first kappa shape index (κ1) is 23.0. The van der Waals surface area contributed by atoms with Crippen LogP contribution < -0.4 is 10.1 Å². The van der Waals surface area contributed by atoms with Gasteiger partial charge in [0.2, 0.25) is 0 Å². The standard InChI is InChI=1S/C21H22F3N5O3/c1-20(2,3)32-19(30)27-15-5-4-14(25-12-15)6-11-18-26-13-29(28-18)16-7-9-17(10-8-16)31-21(22,23)24/h4-5,7-10,12-13H,6,11H2,1-3H3,(H,27,30). The van der Waals surface area contributed by atoms with Gasteiger partial charge in [0.05, 0.1) is 17.6 Å². The van der Waals surface area contributed by atoms with Crippen LogP contribution in [0.1, 0.15) is 32.3 Å². The fourth-order valence-electron chi connectivity index (χ4n) is 2.64. The highest BCUT2D eigenvalue weighted by atomic mass is 19.4. The molecule has 1 amide bonds. The molecule has 0 radical (unpaired) electrons. The van der Waals surface area contributed by atoms with Gasteiger partial charge < -0.3 is 9.47 Å². The first-order valence-electron chi connectivity index (χ1n) is 9.68. The number of rotatable bonds is 6. The van der Waals surface area contributed by atoms with E-state index < -0.39 is 18.1 Å². The molecule has 8 nitrogen and oxygen atoms in total. The van der Waals surface area contributed by atoms with Crippen molar-refractivity contribution >= 4 is 11.8 Å². The minimum atomic E-state index is -4.74. The number of carbonyl (C=O) groups is 1. The van der Waals surface area contributed by atoms with Crippen LogP contribution >= 0.6 is 0 Å². The van der Waals surface area contributed by atoms with Crippen molar-refractivity contribution in [3.8, 4) is 11.4 Å². The summed E-state index contributed by atoms with van der Waals surface area (Å²) in [6.07, 6.45) is -1.20. The van der Waals surface area contributed by atoms with Gasteiger partial charge in [0.1, 0.15) is 17.7 Å². The van der Waals surface area contributed by atoms with Crippen LogP contribution in [-0.4, -0.2) is 37.8 Å². The fourth-order valence-corrected chi connectivity index (χ4v) is 2.64. The van der Waals surface area contributed by atoms with Gasteiger partial charge in [-0.2, -0.15) is 5.10 Å². The van der Waals surface area contributed by atoms with Gasteiger partial charge in [-0.25, -0.2) is 14.5 Å². The van der Waals surface area contributed by atoms with E-state index in [1.165, 1.54) is 41.5 Å². The summed E-state index contributed by atoms with van der Waals surface area (Å²) < 4.78 is 47.3. The molecule has 1 N–H and O–H groups in total. The Bertz CT molecular complexity index is 1040. The van der Waals surface area contributed by atoms with Gasteiger partial charge in [-0.1, -0.05) is 0 Å². The van der Waals surface area contributed by atoms with E-state index >= 15 is 0 Å². The lowest BCUT2D eigenvalue weighted by Crippen LogP contribution is -2.27. The first-order valence-corrected chi connectivity index (χ1v) is 9.68. The van der Waals surface area contributed by atoms with Crippen molar-refractivity contribution in [1.82, 2.24) is 19.7 Å². The Labute approximate surface area is 182 Å². The lowest BCUT2D eigenvalue weighted by Gasteiger charge is -2.19. The van der Waals surface area contributed by atoms with Crippen molar-refractivity contribution in [1.29, 1.82) is 0 Å². The normalized spacial score (nSPS) is 11.8. The van der Waals surface area contributed by atoms with Crippen molar-refractivity contribution in [2.24, 2.45) is 0 Å². The molecule has 0 aliphatic heterocycles. The fraction of sp³-hybridized carbons (Fsp3) is 0.333. The van der Waals surface area contributed by atoms with Crippen molar-refractivity contribution in [3.63, 3.8) is 0 Å². The Morgan fingerprint density at radius 1 is 1.03 bits per heavy atom. The first-order chi connectivity index (χ1) is 15.0. The number of pyridine rings is 1. The number of hydrogen-bond acceptors (Lipinski definition) is 6. The van der Waals surface area contributed by atoms with E-state index in [0.29, 0.717) is 30.0 Å². The predicted molar refractivity (Wildman–Crippen MR) is 110 cm³/mol. The lowest BCUT2D eigenvalue weighted by molar-refractivity contribution is -0.274. The summed E-state index contributed by atoms with van der Waals surface area (Å²) in [5.41, 5.74) is 1.26. The van der Waals surface area contributed by atoms with Gasteiger partial charge in [0, 0.05) is 12.1 Å². The highest BCUT2D eigenvalue weighted by Gasteiger charge is 2.31. The summed E-state index contributed by atoms with van der Waals surface area (Å²) in [6, 6.07) is 8.84. The van der Waals surface area contributed by atoms with Crippen LogP contribution in [0, 0.1) is 0 Å². The van der Waals surface area contributed by atoms with Gasteiger partial charge in [-0.3, -0.25) is 10.3 Å². The molecule has 0 fully saturated rings. The Hall–Kier alpha value is -3.63. The van der Waals surface area contributed by atoms with Crippen molar-refractivity contribution in [2.75, 3.05) is 5.32 Å². The molecular formula is C21H22F3N5O3. The van der Waals surface area contributed by atoms with E-state index in [4.69, 9.17) is 4.74 Å². The van der Waals surface area contributed by atoms with E-state index in [0.717, 1.165) is 5.69 Å². The minimum absolute atomic E-state index is 0.308. The summed E-state index contributed by atoms with van der Waals surface area (Å²) in [7, 11) is 0. The van der Waals surface area contributed by atoms with E-state index in [9.17, 15) is 18.0 Å². The second-order valence-corrected chi connectivity index (χ2v) is 7.81. The Morgan fingerprint density at radius 2 is 1.75 bits per heavy atom. The monoisotopic (exact) mass is 449 g/mol. The number of ether oxygens (including phenoxy) is 2. The van der Waals surface area contributed by atoms with Crippen LogP contribution in [0.25, 0.3) is 5.69 Å². The Balaban J connectivity index is 1.53. The SMILES string of the molecule is CC(C)(C)OC(=O)Nc1ccc(CCc2ncn(-c3ccc(OC(F)(F)F)cc3)n2)nc1. The highest BCUT2D eigenvalue weighted by molar-refractivity contribution is 5.84. The minimum Gasteiger partial charge on any atom is -0.444 e. The topological polar surface area (TPSA) is 91.2 Å². The largest absolute Gasteiger partial charge is 0.573 e. The predicted octanol–water partition coefficient (Wildman–Crippen LogP) is 4.69. The molecule has 11 heteroatoms. The van der Waals surface area contributed by atoms with Crippen LogP contribution in [0.5, 0.6) is 5.75 Å². The third-order valence-corrected chi connectivity index (χ3v) is 3.95. The number of halogens is 3. The average molecular weight is 449 g/mol. The zero-order valence-electron chi connectivity index (χ0n) is 17.7. The second kappa shape index (κ2) is 9.25. The number of hydrogen-bond donors (Lipinski definition) is 1. The molecular weight excluding hydrogens is 427 g/mol. The Kier molecular flexibility index (Phi) is 6.66. The molecule has 0 spiro atoms. The number of anilines is 1. The van der Waals surface area contributed by atoms with E-state index in [1.54, 1.807) is 32.9 Å². The summed E-state index contributed by atoms with van der Waals surface area (Å²) in [5.74, 6) is 0.246. The number of benzene rings is 1. The maximum atomic E-state index is 12.3. The third kappa shape index (κ3) is 7.25. The van der Waals surface area contributed by atoms with Crippen molar-refractivity contribution in [3.05, 3.63) is 60.4 Å². The summed E-state index contributed by atoms with van der Waals surface area (Å²) in [5, 5.41) is 6.95. The van der Waals surface area contributed by atoms with Crippen molar-refractivity contribution < 1.29 is 27.4 Å². The van der Waals surface area contributed by atoms with E-state index in [-0.39, 0.29) is 5.75 Å². The molecule has 1 aromatic carbocycles. The highest BCUT2D eigenvalue weighted by Crippen LogP contribution is 2.23. The molecule has 32 heavy (non-hydrogen) atoms.